The number of amides is 1. The molecule has 5 rings (SSSR count). The van der Waals surface area contributed by atoms with Crippen molar-refractivity contribution >= 4 is 27.4 Å². The third-order valence-electron chi connectivity index (χ3n) is 6.31. The second-order valence-electron chi connectivity index (χ2n) is 8.45. The van der Waals surface area contributed by atoms with Gasteiger partial charge in [-0.25, -0.2) is 28.2 Å². The minimum Gasteiger partial charge on any atom is -0.346 e. The number of nitrogens with zero attached hydrogens (tertiary/aromatic N) is 4. The highest BCUT2D eigenvalue weighted by atomic mass is 32.2. The lowest BCUT2D eigenvalue weighted by Gasteiger charge is -2.16. The Morgan fingerprint density at radius 1 is 1.24 bits per heavy atom. The number of hydrogen-bond acceptors (Lipinski definition) is 8. The third kappa shape index (κ3) is 3.88. The van der Waals surface area contributed by atoms with Gasteiger partial charge in [0, 0.05) is 38.4 Å². The van der Waals surface area contributed by atoms with E-state index in [4.69, 9.17) is 0 Å². The number of sulfone groups is 1. The number of carbonyl (C=O) groups excluding carboxylic acids is 1. The zero-order valence-corrected chi connectivity index (χ0v) is 19.5. The van der Waals surface area contributed by atoms with Gasteiger partial charge < -0.3 is 20.2 Å². The summed E-state index contributed by atoms with van der Waals surface area (Å²) >= 11 is 0. The van der Waals surface area contributed by atoms with E-state index < -0.39 is 15.7 Å². The number of aromatic nitrogens is 3. The van der Waals surface area contributed by atoms with Crippen molar-refractivity contribution in [3.05, 3.63) is 59.4 Å². The fraction of sp³-hybridized carbons (Fsp3) is 0.318. The van der Waals surface area contributed by atoms with Crippen molar-refractivity contribution in [2.75, 3.05) is 23.4 Å². The van der Waals surface area contributed by atoms with Crippen LogP contribution in [-0.4, -0.2) is 48.0 Å². The Labute approximate surface area is 196 Å². The number of fused-ring (bicyclic) bond motifs is 1. The van der Waals surface area contributed by atoms with E-state index in [0.717, 1.165) is 23.6 Å². The molecule has 178 valence electrons. The number of carbonyl (C=O) groups is 1. The van der Waals surface area contributed by atoms with Gasteiger partial charge in [0.15, 0.2) is 5.82 Å². The van der Waals surface area contributed by atoms with Gasteiger partial charge in [0.1, 0.15) is 5.69 Å². The van der Waals surface area contributed by atoms with Crippen molar-refractivity contribution in [3.8, 4) is 0 Å². The molecule has 10 nitrogen and oxygen atoms in total. The van der Waals surface area contributed by atoms with Gasteiger partial charge >= 0.3 is 0 Å². The third-order valence-corrected chi connectivity index (χ3v) is 8.18. The van der Waals surface area contributed by atoms with Crippen LogP contribution in [-0.2, 0) is 23.4 Å². The van der Waals surface area contributed by atoms with Crippen LogP contribution in [0.4, 0.5) is 16.0 Å². The maximum absolute atomic E-state index is 13.4. The molecule has 1 aromatic carbocycles. The second-order valence-corrected chi connectivity index (χ2v) is 10.4. The number of halogens is 1. The second kappa shape index (κ2) is 8.37. The smallest absolute Gasteiger partial charge is 0.268 e. The highest BCUT2D eigenvalue weighted by Crippen LogP contribution is 2.30. The van der Waals surface area contributed by atoms with Gasteiger partial charge in [-0.1, -0.05) is 0 Å². The lowest BCUT2D eigenvalue weighted by atomic mass is 10.2. The zero-order chi connectivity index (χ0) is 24.0. The highest BCUT2D eigenvalue weighted by Gasteiger charge is 2.30. The van der Waals surface area contributed by atoms with Gasteiger partial charge in [0.25, 0.3) is 5.91 Å². The summed E-state index contributed by atoms with van der Waals surface area (Å²) in [6.45, 7) is 3.30. The van der Waals surface area contributed by atoms with Gasteiger partial charge in [0.05, 0.1) is 27.9 Å². The van der Waals surface area contributed by atoms with E-state index in [1.165, 1.54) is 6.07 Å². The summed E-state index contributed by atoms with van der Waals surface area (Å²) in [6.07, 6.45) is 2.88. The molecule has 2 aromatic heterocycles. The molecule has 3 aromatic rings. The van der Waals surface area contributed by atoms with Crippen molar-refractivity contribution in [2.24, 2.45) is 7.05 Å². The predicted octanol–water partition coefficient (Wildman–Crippen LogP) is 1.53. The van der Waals surface area contributed by atoms with E-state index in [2.05, 4.69) is 26.1 Å². The summed E-state index contributed by atoms with van der Waals surface area (Å²) in [5.41, 5.74) is 8.40. The van der Waals surface area contributed by atoms with Crippen LogP contribution >= 0.6 is 0 Å². The molecular weight excluding hydrogens is 461 g/mol. The topological polar surface area (TPSA) is 121 Å². The van der Waals surface area contributed by atoms with Gasteiger partial charge in [-0.3, -0.25) is 4.79 Å². The van der Waals surface area contributed by atoms with Crippen molar-refractivity contribution < 1.29 is 17.6 Å². The first kappa shape index (κ1) is 22.3. The van der Waals surface area contributed by atoms with E-state index in [-0.39, 0.29) is 27.4 Å². The molecule has 2 aliphatic heterocycles. The number of rotatable bonds is 5. The molecule has 0 spiro atoms. The first-order valence-corrected chi connectivity index (χ1v) is 12.3. The Morgan fingerprint density at radius 2 is 2.00 bits per heavy atom. The molecule has 3 N–H and O–H groups in total. The molecule has 2 aliphatic rings. The van der Waals surface area contributed by atoms with Crippen molar-refractivity contribution in [1.82, 2.24) is 25.3 Å². The zero-order valence-electron chi connectivity index (χ0n) is 18.7. The summed E-state index contributed by atoms with van der Waals surface area (Å²) in [7, 11) is -2.14. The minimum absolute atomic E-state index is 0.103. The number of hydrogen-bond donors (Lipinski definition) is 3. The predicted molar refractivity (Wildman–Crippen MR) is 123 cm³/mol. The number of anilines is 2. The van der Waals surface area contributed by atoms with E-state index >= 15 is 0 Å². The maximum atomic E-state index is 13.4. The largest absolute Gasteiger partial charge is 0.346 e. The molecule has 12 heteroatoms. The fourth-order valence-electron chi connectivity index (χ4n) is 4.32. The van der Waals surface area contributed by atoms with Gasteiger partial charge in [-0.2, -0.15) is 0 Å². The molecular formula is C22H24FN7O3S. The van der Waals surface area contributed by atoms with Crippen LogP contribution in [0, 0.1) is 12.7 Å². The van der Waals surface area contributed by atoms with E-state index in [1.807, 2.05) is 4.90 Å². The average molecular weight is 486 g/mol. The number of nitrogens with one attached hydrogen (secondary N) is 3. The molecule has 0 aliphatic carbocycles. The Hall–Kier alpha value is -3.51. The van der Waals surface area contributed by atoms with E-state index in [9.17, 15) is 17.6 Å². The number of hydrazine groups is 1. The summed E-state index contributed by atoms with van der Waals surface area (Å²) in [5, 5.41) is 2.97. The molecule has 1 saturated heterocycles. The van der Waals surface area contributed by atoms with Crippen LogP contribution in [0.25, 0.3) is 0 Å². The maximum Gasteiger partial charge on any atom is 0.268 e. The Kier molecular flexibility index (Phi) is 5.48. The molecule has 1 fully saturated rings. The molecule has 0 unspecified atom stereocenters. The van der Waals surface area contributed by atoms with Crippen LogP contribution in [0.15, 0.2) is 46.5 Å². The van der Waals surface area contributed by atoms with Crippen molar-refractivity contribution in [1.29, 1.82) is 0 Å². The van der Waals surface area contributed by atoms with Crippen molar-refractivity contribution in [3.63, 3.8) is 0 Å². The lowest BCUT2D eigenvalue weighted by Crippen LogP contribution is -2.38. The monoisotopic (exact) mass is 485 g/mol. The number of benzene rings is 1. The van der Waals surface area contributed by atoms with Crippen LogP contribution < -0.4 is 21.1 Å². The summed E-state index contributed by atoms with van der Waals surface area (Å²) in [4.78, 5) is 23.2. The quantitative estimate of drug-likeness (QED) is 0.498. The lowest BCUT2D eigenvalue weighted by molar-refractivity contribution is 0.0932. The minimum atomic E-state index is -3.81. The summed E-state index contributed by atoms with van der Waals surface area (Å²) in [6, 6.07) is 6.19. The van der Waals surface area contributed by atoms with Crippen LogP contribution in [0.3, 0.4) is 0 Å². The SMILES string of the molecule is Cc1c(S(=O)(=O)c2ccc3c(c2)CNN3)cc(C(=O)N[C@@H]2CCN(c3ncc(F)cn3)C2)n1C. The normalized spacial score (nSPS) is 17.5. The fourth-order valence-corrected chi connectivity index (χ4v) is 5.91. The Morgan fingerprint density at radius 3 is 2.76 bits per heavy atom. The van der Waals surface area contributed by atoms with E-state index in [0.29, 0.717) is 37.7 Å². The van der Waals surface area contributed by atoms with Crippen LogP contribution in [0.2, 0.25) is 0 Å². The molecule has 34 heavy (non-hydrogen) atoms. The Balaban J connectivity index is 1.34. The van der Waals surface area contributed by atoms with Gasteiger partial charge in [-0.15, -0.1) is 0 Å². The summed E-state index contributed by atoms with van der Waals surface area (Å²) < 4.78 is 41.4. The van der Waals surface area contributed by atoms with Crippen LogP contribution in [0.1, 0.15) is 28.2 Å². The molecule has 1 atom stereocenters. The Bertz CT molecular complexity index is 1370. The molecule has 0 radical (unpaired) electrons. The molecule has 4 heterocycles. The van der Waals surface area contributed by atoms with Crippen LogP contribution in [0.5, 0.6) is 0 Å². The average Bonchev–Trinajstić information content (AvgIpc) is 3.54. The van der Waals surface area contributed by atoms with Gasteiger partial charge in [0.2, 0.25) is 15.8 Å². The molecule has 1 amide bonds. The molecule has 0 bridgehead atoms. The summed E-state index contributed by atoms with van der Waals surface area (Å²) in [5.74, 6) is -0.465. The first-order chi connectivity index (χ1) is 16.2. The van der Waals surface area contributed by atoms with Crippen molar-refractivity contribution in [2.45, 2.75) is 35.7 Å². The molecule has 0 saturated carbocycles. The van der Waals surface area contributed by atoms with E-state index in [1.54, 1.807) is 36.7 Å². The highest BCUT2D eigenvalue weighted by molar-refractivity contribution is 7.91. The van der Waals surface area contributed by atoms with Gasteiger partial charge in [-0.05, 0) is 43.2 Å². The standard InChI is InChI=1S/C22H24FN7O3S/c1-13-20(34(32,33)17-3-4-18-14(7-17)9-26-28-18)8-19(29(13)2)21(31)27-16-5-6-30(12-16)22-24-10-15(23)11-25-22/h3-4,7-8,10-11,16,26,28H,5-6,9,12H2,1-2H3,(H,27,31)/t16-/m1/s1. The first-order valence-electron chi connectivity index (χ1n) is 10.8.